The maximum Gasteiger partial charge on any atom is 0.573 e. The molecule has 8 rings (SSSR count). The highest BCUT2D eigenvalue weighted by Crippen LogP contribution is 2.65. The summed E-state index contributed by atoms with van der Waals surface area (Å²) in [4.78, 5) is 70.3. The van der Waals surface area contributed by atoms with Crippen molar-refractivity contribution in [2.24, 2.45) is 23.7 Å². The highest BCUT2D eigenvalue weighted by atomic mass is 19.4. The Morgan fingerprint density at radius 1 is 0.891 bits per heavy atom. The first kappa shape index (κ1) is 35.5. The topological polar surface area (TPSA) is 159 Å². The molecule has 0 radical (unpaired) electrons. The SMILES string of the molecule is Cc1ccc(NN2C(=O)C3CC4C(=CCC5C(=O)N(c6cccc([N+](=O)[O-])c6)C(=O)C54)C(c4cc(OC(F)(F)F)ccc4O)C3(c3ccccc3)C2=O)cc1. The van der Waals surface area contributed by atoms with Crippen LogP contribution < -0.4 is 15.1 Å². The molecule has 1 saturated carbocycles. The van der Waals surface area contributed by atoms with E-state index < -0.39 is 81.4 Å². The number of nitrogens with one attached hydrogen (secondary N) is 1. The zero-order chi connectivity index (χ0) is 39.0. The summed E-state index contributed by atoms with van der Waals surface area (Å²) in [6, 6.07) is 23.2. The number of carbonyl (C=O) groups excluding carboxylic acids is 4. The first-order chi connectivity index (χ1) is 26.2. The molecule has 3 fully saturated rings. The average Bonchev–Trinajstić information content (AvgIpc) is 3.54. The number of hydrogen-bond donors (Lipinski definition) is 2. The number of aromatic hydroxyl groups is 1. The number of amides is 4. The Kier molecular flexibility index (Phi) is 8.28. The number of aryl methyl sites for hydroxylation is 1. The van der Waals surface area contributed by atoms with Gasteiger partial charge in [-0.25, -0.2) is 4.90 Å². The van der Waals surface area contributed by atoms with E-state index in [1.54, 1.807) is 60.7 Å². The van der Waals surface area contributed by atoms with Gasteiger partial charge in [0.2, 0.25) is 11.8 Å². The van der Waals surface area contributed by atoms with Crippen LogP contribution in [0.2, 0.25) is 0 Å². The molecule has 4 amide bonds. The number of hydrazine groups is 1. The molecule has 280 valence electrons. The van der Waals surface area contributed by atoms with Crippen molar-refractivity contribution in [3.63, 3.8) is 0 Å². The summed E-state index contributed by atoms with van der Waals surface area (Å²) in [5, 5.41) is 24.0. The molecule has 2 aliphatic heterocycles. The van der Waals surface area contributed by atoms with Gasteiger partial charge in [0.25, 0.3) is 17.5 Å². The number of fused-ring (bicyclic) bond motifs is 4. The van der Waals surface area contributed by atoms with Crippen molar-refractivity contribution in [2.75, 3.05) is 10.3 Å². The van der Waals surface area contributed by atoms with Crippen molar-refractivity contribution in [1.82, 2.24) is 5.01 Å². The first-order valence-corrected chi connectivity index (χ1v) is 17.4. The summed E-state index contributed by atoms with van der Waals surface area (Å²) in [5.41, 5.74) is 2.57. The van der Waals surface area contributed by atoms with E-state index in [1.165, 1.54) is 18.2 Å². The normalized spacial score (nSPS) is 26.0. The Morgan fingerprint density at radius 3 is 2.31 bits per heavy atom. The summed E-state index contributed by atoms with van der Waals surface area (Å²) < 4.78 is 45.0. The molecule has 15 heteroatoms. The summed E-state index contributed by atoms with van der Waals surface area (Å²) in [6.07, 6.45) is -3.60. The number of non-ortho nitro benzene ring substituents is 1. The number of allylic oxidation sites excluding steroid dienone is 2. The average molecular weight is 753 g/mol. The van der Waals surface area contributed by atoms with E-state index in [9.17, 15) is 42.8 Å². The maximum absolute atomic E-state index is 15.2. The molecule has 55 heavy (non-hydrogen) atoms. The van der Waals surface area contributed by atoms with Crippen molar-refractivity contribution in [3.05, 3.63) is 136 Å². The van der Waals surface area contributed by atoms with Gasteiger partial charge in [-0.15, -0.1) is 13.2 Å². The van der Waals surface area contributed by atoms with Crippen molar-refractivity contribution < 1.29 is 47.1 Å². The van der Waals surface area contributed by atoms with E-state index >= 15 is 4.79 Å². The zero-order valence-electron chi connectivity index (χ0n) is 28.9. The number of nitro groups is 1. The minimum absolute atomic E-state index is 0.0126. The maximum atomic E-state index is 15.2. The third kappa shape index (κ3) is 5.60. The van der Waals surface area contributed by atoms with Gasteiger partial charge >= 0.3 is 6.36 Å². The summed E-state index contributed by atoms with van der Waals surface area (Å²) >= 11 is 0. The molecule has 0 bridgehead atoms. The van der Waals surface area contributed by atoms with Gasteiger partial charge in [0.15, 0.2) is 0 Å². The van der Waals surface area contributed by atoms with Gasteiger partial charge < -0.3 is 9.84 Å². The molecular formula is C40H31F3N4O8. The largest absolute Gasteiger partial charge is 0.573 e. The number of carbonyl (C=O) groups is 4. The van der Waals surface area contributed by atoms with Gasteiger partial charge in [0, 0.05) is 23.6 Å². The number of phenols is 1. The Labute approximate surface area is 310 Å². The van der Waals surface area contributed by atoms with E-state index in [0.717, 1.165) is 39.7 Å². The van der Waals surface area contributed by atoms with Gasteiger partial charge in [-0.05, 0) is 67.6 Å². The fraction of sp³-hybridized carbons (Fsp3) is 0.250. The van der Waals surface area contributed by atoms with Crippen molar-refractivity contribution >= 4 is 40.7 Å². The molecule has 2 N–H and O–H groups in total. The number of ether oxygens (including phenoxy) is 1. The zero-order valence-corrected chi connectivity index (χ0v) is 28.9. The van der Waals surface area contributed by atoms with Gasteiger partial charge in [-0.1, -0.05) is 65.7 Å². The smallest absolute Gasteiger partial charge is 0.508 e. The summed E-state index contributed by atoms with van der Waals surface area (Å²) in [6.45, 7) is 1.86. The molecule has 2 saturated heterocycles. The molecule has 4 aliphatic rings. The third-order valence-electron chi connectivity index (χ3n) is 11.2. The third-order valence-corrected chi connectivity index (χ3v) is 11.2. The second-order valence-corrected chi connectivity index (χ2v) is 14.1. The fourth-order valence-electron chi connectivity index (χ4n) is 9.05. The second-order valence-electron chi connectivity index (χ2n) is 14.1. The molecule has 2 heterocycles. The number of alkyl halides is 3. The monoisotopic (exact) mass is 752 g/mol. The number of benzene rings is 4. The molecule has 12 nitrogen and oxygen atoms in total. The van der Waals surface area contributed by atoms with Crippen LogP contribution in [0.3, 0.4) is 0 Å². The second kappa shape index (κ2) is 12.8. The van der Waals surface area contributed by atoms with E-state index in [4.69, 9.17) is 0 Å². The van der Waals surface area contributed by atoms with Gasteiger partial charge in [-0.3, -0.25) is 34.7 Å². The molecule has 4 aromatic rings. The number of nitro benzene ring substituents is 1. The number of halogens is 3. The summed E-state index contributed by atoms with van der Waals surface area (Å²) in [7, 11) is 0. The van der Waals surface area contributed by atoms with Crippen LogP contribution >= 0.6 is 0 Å². The van der Waals surface area contributed by atoms with E-state index in [-0.39, 0.29) is 29.8 Å². The first-order valence-electron chi connectivity index (χ1n) is 17.4. The predicted molar refractivity (Wildman–Crippen MR) is 189 cm³/mol. The van der Waals surface area contributed by atoms with Crippen LogP contribution in [0, 0.1) is 40.7 Å². The Bertz CT molecular complexity index is 2310. The molecule has 0 spiro atoms. The summed E-state index contributed by atoms with van der Waals surface area (Å²) in [5.74, 6) is -9.47. The molecule has 6 atom stereocenters. The number of imide groups is 2. The molecule has 6 unspecified atom stereocenters. The predicted octanol–water partition coefficient (Wildman–Crippen LogP) is 6.70. The molecule has 0 aromatic heterocycles. The van der Waals surface area contributed by atoms with E-state index in [2.05, 4.69) is 10.2 Å². The highest BCUT2D eigenvalue weighted by Gasteiger charge is 2.70. The Balaban J connectivity index is 1.33. The van der Waals surface area contributed by atoms with Gasteiger partial charge in [-0.2, -0.15) is 5.01 Å². The number of phenolic OH excluding ortho intramolecular Hbond substituents is 1. The lowest BCUT2D eigenvalue weighted by atomic mass is 9.49. The van der Waals surface area contributed by atoms with Crippen molar-refractivity contribution in [2.45, 2.75) is 37.5 Å². The van der Waals surface area contributed by atoms with Crippen LogP contribution in [0.5, 0.6) is 11.5 Å². The lowest BCUT2D eigenvalue weighted by Crippen LogP contribution is -2.53. The van der Waals surface area contributed by atoms with E-state index in [0.29, 0.717) is 16.8 Å². The molecular weight excluding hydrogens is 721 g/mol. The highest BCUT2D eigenvalue weighted by molar-refractivity contribution is 6.22. The molecule has 4 aromatic carbocycles. The van der Waals surface area contributed by atoms with Crippen LogP contribution in [0.25, 0.3) is 0 Å². The number of anilines is 2. The number of nitrogens with zero attached hydrogens (tertiary/aromatic N) is 3. The Morgan fingerprint density at radius 2 is 1.62 bits per heavy atom. The van der Waals surface area contributed by atoms with Gasteiger partial charge in [0.05, 0.1) is 39.5 Å². The number of hydrogen-bond acceptors (Lipinski definition) is 9. The van der Waals surface area contributed by atoms with Crippen LogP contribution in [-0.4, -0.2) is 45.0 Å². The van der Waals surface area contributed by atoms with E-state index in [1.807, 2.05) is 6.92 Å². The standard InChI is InChI=1S/C40H31F3N4O8/c1-21-10-12-23(13-11-21)44-46-36(50)31-20-29-27(15-16-28-33(29)37(51)45(35(28)49)24-8-5-9-25(18-24)47(53)54)34(39(31,38(46)52)22-6-3-2-4-7-22)30-19-26(14-17-32(30)48)55-40(41,42)43/h2-15,17-19,28-29,31,33-34,44,48H,16,20H2,1H3. The van der Waals surface area contributed by atoms with Crippen LogP contribution in [0.4, 0.5) is 30.2 Å². The van der Waals surface area contributed by atoms with Crippen molar-refractivity contribution in [3.8, 4) is 11.5 Å². The van der Waals surface area contributed by atoms with Crippen molar-refractivity contribution in [1.29, 1.82) is 0 Å². The van der Waals surface area contributed by atoms with Crippen LogP contribution in [-0.2, 0) is 24.6 Å². The quantitative estimate of drug-likeness (QED) is 0.0907. The van der Waals surface area contributed by atoms with Crippen LogP contribution in [0.15, 0.2) is 109 Å². The van der Waals surface area contributed by atoms with Crippen LogP contribution in [0.1, 0.15) is 35.4 Å². The fourth-order valence-corrected chi connectivity index (χ4v) is 9.05. The molecule has 2 aliphatic carbocycles. The van der Waals surface area contributed by atoms with Gasteiger partial charge in [0.1, 0.15) is 11.5 Å². The minimum Gasteiger partial charge on any atom is -0.508 e. The minimum atomic E-state index is -5.11. The lowest BCUT2D eigenvalue weighted by molar-refractivity contribution is -0.384. The lowest BCUT2D eigenvalue weighted by Gasteiger charge is -2.50. The Hall–Kier alpha value is -6.51. The number of rotatable bonds is 7.